The summed E-state index contributed by atoms with van der Waals surface area (Å²) in [7, 11) is 0. The Morgan fingerprint density at radius 2 is 0.980 bits per heavy atom. The Labute approximate surface area is 293 Å². The van der Waals surface area contributed by atoms with E-state index in [4.69, 9.17) is 22.9 Å². The molecule has 49 heavy (non-hydrogen) atoms. The van der Waals surface area contributed by atoms with E-state index in [-0.39, 0.29) is 43.0 Å². The summed E-state index contributed by atoms with van der Waals surface area (Å²) >= 11 is 0. The molecule has 14 N–H and O–H groups in total. The van der Waals surface area contributed by atoms with Crippen molar-refractivity contribution in [1.82, 2.24) is 41.2 Å². The van der Waals surface area contributed by atoms with Crippen LogP contribution < -0.4 is 54.4 Å². The fourth-order valence-corrected chi connectivity index (χ4v) is 4.19. The van der Waals surface area contributed by atoms with Gasteiger partial charge >= 0.3 is 17.1 Å². The second-order valence-electron chi connectivity index (χ2n) is 10.5. The molecular weight excluding hydrogens is 687 g/mol. The number of nitrogens with one attached hydrogen (secondary N) is 6. The van der Waals surface area contributed by atoms with Crippen LogP contribution in [0.15, 0.2) is 25.0 Å². The van der Waals surface area contributed by atoms with E-state index >= 15 is 0 Å². The van der Waals surface area contributed by atoms with E-state index in [2.05, 4.69) is 41.2 Å². The van der Waals surface area contributed by atoms with Crippen molar-refractivity contribution in [3.63, 3.8) is 0 Å². The Bertz CT molecular complexity index is 1170. The molecule has 0 saturated heterocycles. The molecule has 0 fully saturated rings. The van der Waals surface area contributed by atoms with Gasteiger partial charge in [-0.3, -0.25) is 19.2 Å². The van der Waals surface area contributed by atoms with E-state index in [1.165, 1.54) is 25.0 Å². The monoisotopic (exact) mass is 733 g/mol. The minimum atomic E-state index is -1.43. The quantitative estimate of drug-likeness (QED) is 0.0397. The van der Waals surface area contributed by atoms with Crippen molar-refractivity contribution in [2.24, 2.45) is 22.9 Å². The van der Waals surface area contributed by atoms with Gasteiger partial charge in [0.15, 0.2) is 0 Å². The molecule has 4 atom stereocenters. The van der Waals surface area contributed by atoms with Gasteiger partial charge in [-0.1, -0.05) is 0 Å². The first kappa shape index (κ1) is 44.6. The van der Waals surface area contributed by atoms with Gasteiger partial charge in [-0.2, -0.15) is 0 Å². The van der Waals surface area contributed by atoms with E-state index in [9.17, 15) is 39.0 Å². The summed E-state index contributed by atoms with van der Waals surface area (Å²) in [6.45, 7) is 0.388. The number of rotatable bonds is 22. The molecule has 2 aromatic heterocycles. The second-order valence-corrected chi connectivity index (χ2v) is 10.5. The molecule has 0 spiro atoms. The number of unbranched alkanes of at least 4 members (excludes halogenated alkanes) is 2. The smallest absolute Gasteiger partial charge is 0.548 e. The van der Waals surface area contributed by atoms with Crippen LogP contribution in [0.4, 0.5) is 0 Å². The number of imidazole rings is 2. The van der Waals surface area contributed by atoms with Crippen LogP contribution >= 0.6 is 0 Å². The molecule has 0 aliphatic heterocycles. The fraction of sp³-hybridized carbons (Fsp3) is 0.571. The summed E-state index contributed by atoms with van der Waals surface area (Å²) in [5.41, 5.74) is 22.4. The van der Waals surface area contributed by atoms with Crippen LogP contribution in [0.3, 0.4) is 0 Å². The normalized spacial score (nSPS) is 12.8. The van der Waals surface area contributed by atoms with Gasteiger partial charge in [0.25, 0.3) is 0 Å². The van der Waals surface area contributed by atoms with Crippen molar-refractivity contribution in [3.05, 3.63) is 36.4 Å². The van der Waals surface area contributed by atoms with Crippen molar-refractivity contribution in [1.29, 1.82) is 0 Å². The van der Waals surface area contributed by atoms with Crippen molar-refractivity contribution in [2.45, 2.75) is 75.5 Å². The molecule has 1 radical (unpaired) electrons. The molecule has 0 aliphatic carbocycles. The predicted molar refractivity (Wildman–Crippen MR) is 166 cm³/mol. The summed E-state index contributed by atoms with van der Waals surface area (Å²) in [6, 6.07) is -4.25. The van der Waals surface area contributed by atoms with Gasteiger partial charge in [-0.25, -0.2) is 9.97 Å². The molecule has 0 unspecified atom stereocenters. The molecule has 2 aromatic rings. The Balaban J connectivity index is 0.000000922. The predicted octanol–water partition coefficient (Wildman–Crippen LogP) is -6.48. The third kappa shape index (κ3) is 18.7. The zero-order valence-corrected chi connectivity index (χ0v) is 28.1. The number of aromatic amines is 2. The zero-order valence-electron chi connectivity index (χ0n) is 27.0. The maximum Gasteiger partial charge on any atom is 2.00 e. The van der Waals surface area contributed by atoms with Gasteiger partial charge in [0.05, 0.1) is 49.8 Å². The molecular formula is C28H46MnN12O8. The van der Waals surface area contributed by atoms with E-state index in [1.807, 2.05) is 0 Å². The molecule has 4 amide bonds. The van der Waals surface area contributed by atoms with Crippen LogP contribution in [-0.2, 0) is 58.7 Å². The van der Waals surface area contributed by atoms with Crippen molar-refractivity contribution < 1.29 is 56.0 Å². The SMILES string of the molecule is NCCCC[C@H](NC(=O)CN)C(=O)N[C@@H](Cc1cnc[nH]1)C(=O)[O-].NCCCC[C@H](NC(=O)CN)C(=O)N[C@@H](Cc1cnc[nH]1)C(=O)[O-].[Mn+2]. The van der Waals surface area contributed by atoms with Crippen LogP contribution in [0.1, 0.15) is 49.9 Å². The Hall–Kier alpha value is -4.40. The molecule has 0 aromatic carbocycles. The number of hydrogen-bond donors (Lipinski definition) is 10. The number of H-pyrrole nitrogens is 2. The number of nitrogens with two attached hydrogens (primary N) is 4. The topological polar surface area (TPSA) is 358 Å². The van der Waals surface area contributed by atoms with Crippen LogP contribution in [0.25, 0.3) is 0 Å². The van der Waals surface area contributed by atoms with Crippen LogP contribution in [0, 0.1) is 0 Å². The first-order valence-electron chi connectivity index (χ1n) is 15.3. The van der Waals surface area contributed by atoms with Gasteiger partial charge in [0, 0.05) is 36.6 Å². The molecule has 0 bridgehead atoms. The number of hydrogen-bond acceptors (Lipinski definition) is 14. The van der Waals surface area contributed by atoms with Gasteiger partial charge < -0.3 is 74.0 Å². The Morgan fingerprint density at radius 1 is 0.612 bits per heavy atom. The second kappa shape index (κ2) is 25.6. The number of carboxylic acid groups (broad SMARTS) is 2. The maximum absolute atomic E-state index is 12.3. The maximum atomic E-state index is 12.3. The minimum Gasteiger partial charge on any atom is -0.548 e. The summed E-state index contributed by atoms with van der Waals surface area (Å²) in [5.74, 6) is -5.07. The molecule has 0 saturated carbocycles. The molecule has 2 rings (SSSR count). The molecule has 273 valence electrons. The van der Waals surface area contributed by atoms with Crippen LogP contribution in [-0.4, -0.2) is 106 Å². The summed E-state index contributed by atoms with van der Waals surface area (Å²) in [5, 5.41) is 32.2. The summed E-state index contributed by atoms with van der Waals surface area (Å²) in [6.07, 6.45) is 8.95. The van der Waals surface area contributed by atoms with Crippen molar-refractivity contribution >= 4 is 35.6 Å². The van der Waals surface area contributed by atoms with Gasteiger partial charge in [0.2, 0.25) is 23.6 Å². The van der Waals surface area contributed by atoms with Crippen LogP contribution in [0.5, 0.6) is 0 Å². The third-order valence-electron chi connectivity index (χ3n) is 6.73. The van der Waals surface area contributed by atoms with E-state index < -0.39 is 59.7 Å². The molecule has 0 aliphatic rings. The third-order valence-corrected chi connectivity index (χ3v) is 6.73. The standard InChI is InChI=1S/2C14H24N6O4.Mn/c2*15-4-2-1-3-10(19-12(21)6-16)13(22)20-11(14(23)24)5-9-7-17-8-18-9;/h2*7-8,10-11H,1-6,15-16H2,(H,17,18)(H,19,21)(H,20,22)(H,23,24);/q;;+2/p-2/t2*10-,11-;/m00./s1. The van der Waals surface area contributed by atoms with Crippen molar-refractivity contribution in [2.75, 3.05) is 26.2 Å². The number of aromatic nitrogens is 4. The number of carboxylic acids is 2. The minimum absolute atomic E-state index is 0. The van der Waals surface area contributed by atoms with Gasteiger partial charge in [0.1, 0.15) is 12.1 Å². The average molecular weight is 734 g/mol. The van der Waals surface area contributed by atoms with Gasteiger partial charge in [-0.15, -0.1) is 0 Å². The van der Waals surface area contributed by atoms with Gasteiger partial charge in [-0.05, 0) is 51.6 Å². The number of carbonyl (C=O) groups is 6. The number of carbonyl (C=O) groups excluding carboxylic acids is 6. The summed E-state index contributed by atoms with van der Waals surface area (Å²) < 4.78 is 0. The van der Waals surface area contributed by atoms with E-state index in [0.29, 0.717) is 63.0 Å². The van der Waals surface area contributed by atoms with Crippen molar-refractivity contribution in [3.8, 4) is 0 Å². The largest absolute Gasteiger partial charge is 2.00 e. The first-order valence-corrected chi connectivity index (χ1v) is 15.3. The molecule has 21 heteroatoms. The fourth-order valence-electron chi connectivity index (χ4n) is 4.19. The number of amides is 4. The first-order chi connectivity index (χ1) is 22.9. The number of nitrogens with zero attached hydrogens (tertiary/aromatic N) is 2. The van der Waals surface area contributed by atoms with E-state index in [0.717, 1.165) is 0 Å². The summed E-state index contributed by atoms with van der Waals surface area (Å²) in [4.78, 5) is 83.1. The number of aliphatic carboxylic acids is 2. The Kier molecular flexibility index (Phi) is 23.3. The Morgan fingerprint density at radius 3 is 1.24 bits per heavy atom. The zero-order chi connectivity index (χ0) is 35.9. The van der Waals surface area contributed by atoms with E-state index in [1.54, 1.807) is 0 Å². The molecule has 2 heterocycles. The molecule has 20 nitrogen and oxygen atoms in total. The van der Waals surface area contributed by atoms with Crippen LogP contribution in [0.2, 0.25) is 0 Å². The average Bonchev–Trinajstić information content (AvgIpc) is 3.78.